The molecule has 0 bridgehead atoms. The first-order valence-electron chi connectivity index (χ1n) is 9.05. The van der Waals surface area contributed by atoms with Crippen LogP contribution in [0.5, 0.6) is 0 Å². The molecule has 0 aromatic heterocycles. The van der Waals surface area contributed by atoms with Crippen molar-refractivity contribution in [2.75, 3.05) is 7.11 Å². The number of esters is 1. The molecule has 0 aliphatic heterocycles. The summed E-state index contributed by atoms with van der Waals surface area (Å²) in [4.78, 5) is 12.8. The molecule has 3 nitrogen and oxygen atoms in total. The minimum absolute atomic E-state index is 0.355. The van der Waals surface area contributed by atoms with Crippen LogP contribution in [0.3, 0.4) is 0 Å². The Hall–Kier alpha value is -2.35. The summed E-state index contributed by atoms with van der Waals surface area (Å²) in [6.45, 7) is 9.98. The van der Waals surface area contributed by atoms with Gasteiger partial charge in [0.25, 0.3) is 0 Å². The van der Waals surface area contributed by atoms with Gasteiger partial charge in [0.1, 0.15) is 5.41 Å². The van der Waals surface area contributed by atoms with E-state index in [0.717, 1.165) is 11.1 Å². The quantitative estimate of drug-likeness (QED) is 0.417. The minimum atomic E-state index is -2.09. The Kier molecular flexibility index (Phi) is 6.30. The number of benzene rings is 2. The van der Waals surface area contributed by atoms with Gasteiger partial charge in [-0.2, -0.15) is 0 Å². The van der Waals surface area contributed by atoms with Crippen molar-refractivity contribution < 1.29 is 14.0 Å². The lowest BCUT2D eigenvalue weighted by Crippen LogP contribution is -2.53. The predicted molar refractivity (Wildman–Crippen MR) is 112 cm³/mol. The SMILES string of the molecule is COC(=O)C(C)(C)C(C#Cc1ccccc1)(O[Si](C)(C)C)c1ccccc1. The molecule has 0 amide bonds. The van der Waals surface area contributed by atoms with E-state index in [4.69, 9.17) is 9.16 Å². The first-order chi connectivity index (χ1) is 12.6. The molecule has 0 aliphatic rings. The molecule has 4 heteroatoms. The summed E-state index contributed by atoms with van der Waals surface area (Å²) in [6, 6.07) is 19.5. The van der Waals surface area contributed by atoms with E-state index >= 15 is 0 Å². The first kappa shape index (κ1) is 21.0. The molecule has 0 saturated heterocycles. The van der Waals surface area contributed by atoms with Crippen molar-refractivity contribution >= 4 is 14.3 Å². The zero-order valence-electron chi connectivity index (χ0n) is 17.0. The molecule has 0 saturated carbocycles. The summed E-state index contributed by atoms with van der Waals surface area (Å²) in [5.41, 5.74) is -0.406. The maximum atomic E-state index is 12.8. The van der Waals surface area contributed by atoms with Crippen LogP contribution in [0.1, 0.15) is 25.0 Å². The molecule has 0 N–H and O–H groups in total. The van der Waals surface area contributed by atoms with E-state index in [0.29, 0.717) is 0 Å². The fourth-order valence-corrected chi connectivity index (χ4v) is 4.36. The normalized spacial score (nSPS) is 13.9. The standard InChI is InChI=1S/C23H28O3Si/c1-22(2,21(24)25-3)23(26-27(4,5)6,20-15-11-8-12-16-20)18-17-19-13-9-7-10-14-19/h7-16H,1-6H3. The summed E-state index contributed by atoms with van der Waals surface area (Å²) in [5.74, 6) is 6.22. The van der Waals surface area contributed by atoms with E-state index in [1.807, 2.05) is 74.5 Å². The smallest absolute Gasteiger partial charge is 0.315 e. The predicted octanol–water partition coefficient (Wildman–Crippen LogP) is 4.98. The largest absolute Gasteiger partial charge is 0.468 e. The Bertz CT molecular complexity index is 827. The van der Waals surface area contributed by atoms with Gasteiger partial charge in [-0.1, -0.05) is 60.4 Å². The van der Waals surface area contributed by atoms with Crippen molar-refractivity contribution in [1.82, 2.24) is 0 Å². The van der Waals surface area contributed by atoms with Crippen LogP contribution in [0, 0.1) is 17.3 Å². The van der Waals surface area contributed by atoms with Crippen LogP contribution < -0.4 is 0 Å². The van der Waals surface area contributed by atoms with E-state index in [1.54, 1.807) is 0 Å². The average Bonchev–Trinajstić information content (AvgIpc) is 2.64. The Morgan fingerprint density at radius 3 is 1.93 bits per heavy atom. The molecule has 27 heavy (non-hydrogen) atoms. The van der Waals surface area contributed by atoms with Gasteiger partial charge in [-0.3, -0.25) is 4.79 Å². The van der Waals surface area contributed by atoms with Crippen molar-refractivity contribution in [3.05, 3.63) is 71.8 Å². The lowest BCUT2D eigenvalue weighted by atomic mass is 9.71. The highest BCUT2D eigenvalue weighted by atomic mass is 28.4. The topological polar surface area (TPSA) is 35.5 Å². The number of ether oxygens (including phenoxy) is 1. The highest BCUT2D eigenvalue weighted by Gasteiger charge is 2.54. The molecule has 0 fully saturated rings. The summed E-state index contributed by atoms with van der Waals surface area (Å²) in [7, 11) is -0.691. The lowest BCUT2D eigenvalue weighted by Gasteiger charge is -2.44. The maximum Gasteiger partial charge on any atom is 0.315 e. The summed E-state index contributed by atoms with van der Waals surface area (Å²) in [6.07, 6.45) is 0. The Morgan fingerprint density at radius 1 is 0.926 bits per heavy atom. The zero-order chi connectivity index (χ0) is 20.1. The van der Waals surface area contributed by atoms with Crippen LogP contribution >= 0.6 is 0 Å². The van der Waals surface area contributed by atoms with Crippen LogP contribution in [-0.2, 0) is 19.6 Å². The number of carbonyl (C=O) groups excluding carboxylic acids is 1. The van der Waals surface area contributed by atoms with Crippen LogP contribution in [0.15, 0.2) is 60.7 Å². The second-order valence-corrected chi connectivity index (χ2v) is 12.4. The van der Waals surface area contributed by atoms with Gasteiger partial charge in [0.15, 0.2) is 13.9 Å². The molecule has 1 unspecified atom stereocenters. The van der Waals surface area contributed by atoms with Gasteiger partial charge in [0.05, 0.1) is 7.11 Å². The fourth-order valence-electron chi connectivity index (χ4n) is 3.01. The summed E-state index contributed by atoms with van der Waals surface area (Å²) in [5, 5.41) is 0. The van der Waals surface area contributed by atoms with Gasteiger partial charge >= 0.3 is 5.97 Å². The number of rotatable bonds is 5. The number of methoxy groups -OCH3 is 1. The number of hydrogen-bond donors (Lipinski definition) is 0. The average molecular weight is 381 g/mol. The van der Waals surface area contributed by atoms with Gasteiger partial charge in [-0.05, 0) is 51.2 Å². The molecule has 2 aromatic rings. The summed E-state index contributed by atoms with van der Waals surface area (Å²) < 4.78 is 11.8. The van der Waals surface area contributed by atoms with Crippen LogP contribution in [0.25, 0.3) is 0 Å². The minimum Gasteiger partial charge on any atom is -0.468 e. The van der Waals surface area contributed by atoms with E-state index in [1.165, 1.54) is 7.11 Å². The molecule has 2 rings (SSSR count). The molecular formula is C23H28O3Si. The van der Waals surface area contributed by atoms with Crippen molar-refractivity contribution in [3.8, 4) is 11.8 Å². The molecule has 0 aliphatic carbocycles. The highest BCUT2D eigenvalue weighted by molar-refractivity contribution is 6.69. The third-order valence-corrected chi connectivity index (χ3v) is 5.29. The van der Waals surface area contributed by atoms with Gasteiger partial charge in [0, 0.05) is 5.56 Å². The first-order valence-corrected chi connectivity index (χ1v) is 12.5. The monoisotopic (exact) mass is 380 g/mol. The molecule has 0 spiro atoms. The molecule has 142 valence electrons. The van der Waals surface area contributed by atoms with Crippen molar-refractivity contribution in [3.63, 3.8) is 0 Å². The van der Waals surface area contributed by atoms with Crippen molar-refractivity contribution in [1.29, 1.82) is 0 Å². The molecule has 2 aromatic carbocycles. The maximum absolute atomic E-state index is 12.8. The van der Waals surface area contributed by atoms with E-state index < -0.39 is 19.3 Å². The number of hydrogen-bond acceptors (Lipinski definition) is 3. The molecular weight excluding hydrogens is 352 g/mol. The third-order valence-electron chi connectivity index (χ3n) is 4.37. The summed E-state index contributed by atoms with van der Waals surface area (Å²) >= 11 is 0. The Labute approximate surface area is 163 Å². The molecule has 0 radical (unpaired) electrons. The molecule has 1 atom stereocenters. The second-order valence-electron chi connectivity index (χ2n) is 7.99. The Morgan fingerprint density at radius 2 is 1.44 bits per heavy atom. The van der Waals surface area contributed by atoms with Gasteiger partial charge in [-0.15, -0.1) is 0 Å². The van der Waals surface area contributed by atoms with Gasteiger partial charge in [-0.25, -0.2) is 0 Å². The number of carbonyl (C=O) groups is 1. The van der Waals surface area contributed by atoms with Crippen molar-refractivity contribution in [2.45, 2.75) is 39.1 Å². The van der Waals surface area contributed by atoms with Crippen LogP contribution in [-0.4, -0.2) is 21.4 Å². The van der Waals surface area contributed by atoms with E-state index in [-0.39, 0.29) is 5.97 Å². The van der Waals surface area contributed by atoms with E-state index in [9.17, 15) is 4.79 Å². The second kappa shape index (κ2) is 8.12. The van der Waals surface area contributed by atoms with Crippen molar-refractivity contribution in [2.24, 2.45) is 5.41 Å². The Balaban J connectivity index is 2.78. The molecule has 0 heterocycles. The highest BCUT2D eigenvalue weighted by Crippen LogP contribution is 2.45. The van der Waals surface area contributed by atoms with Gasteiger partial charge < -0.3 is 9.16 Å². The van der Waals surface area contributed by atoms with E-state index in [2.05, 4.69) is 31.5 Å². The van der Waals surface area contributed by atoms with Gasteiger partial charge in [0.2, 0.25) is 0 Å². The fraction of sp³-hybridized carbons (Fsp3) is 0.348. The van der Waals surface area contributed by atoms with Crippen LogP contribution in [0.2, 0.25) is 19.6 Å². The third kappa shape index (κ3) is 4.68. The lowest BCUT2D eigenvalue weighted by molar-refractivity contribution is -0.161. The van der Waals surface area contributed by atoms with Crippen LogP contribution in [0.4, 0.5) is 0 Å². The zero-order valence-corrected chi connectivity index (χ0v) is 18.0.